The molecule has 2 N–H and O–H groups in total. The van der Waals surface area contributed by atoms with Crippen molar-refractivity contribution in [3.05, 3.63) is 24.2 Å². The summed E-state index contributed by atoms with van der Waals surface area (Å²) in [5.41, 5.74) is 0.750. The van der Waals surface area contributed by atoms with Crippen molar-refractivity contribution in [2.45, 2.75) is 63.7 Å². The molecule has 2 aromatic heterocycles. The van der Waals surface area contributed by atoms with Crippen LogP contribution in [0.5, 0.6) is 0 Å². The van der Waals surface area contributed by atoms with Gasteiger partial charge in [0.05, 0.1) is 6.42 Å². The molecule has 7 heteroatoms. The third-order valence-electron chi connectivity index (χ3n) is 5.38. The molecule has 0 aliphatic heterocycles. The lowest BCUT2D eigenvalue weighted by molar-refractivity contribution is -0.137. The Hall–Kier alpha value is -2.44. The number of carboxylic acids is 1. The van der Waals surface area contributed by atoms with Gasteiger partial charge in [-0.3, -0.25) is 4.79 Å². The number of hydrogen-bond donors (Lipinski definition) is 2. The molecule has 0 saturated heterocycles. The Kier molecular flexibility index (Phi) is 6.79. The van der Waals surface area contributed by atoms with Gasteiger partial charge in [-0.1, -0.05) is 50.1 Å². The minimum Gasteiger partial charge on any atom is -0.481 e. The average Bonchev–Trinajstić information content (AvgIpc) is 3.18. The summed E-state index contributed by atoms with van der Waals surface area (Å²) in [5.74, 6) is 1.33. The smallest absolute Gasteiger partial charge is 0.304 e. The molecule has 146 valence electrons. The molecule has 0 radical (unpaired) electrons. The highest BCUT2D eigenvalue weighted by Crippen LogP contribution is 2.31. The van der Waals surface area contributed by atoms with Crippen LogP contribution < -0.4 is 5.32 Å². The lowest BCUT2D eigenvalue weighted by Gasteiger charge is -2.21. The molecule has 27 heavy (non-hydrogen) atoms. The van der Waals surface area contributed by atoms with Crippen LogP contribution in [0.15, 0.2) is 22.9 Å². The van der Waals surface area contributed by atoms with Gasteiger partial charge < -0.3 is 14.9 Å². The Morgan fingerprint density at radius 2 is 2.15 bits per heavy atom. The molecule has 0 aromatic carbocycles. The quantitative estimate of drug-likeness (QED) is 0.669. The third kappa shape index (κ3) is 5.52. The predicted molar refractivity (Wildman–Crippen MR) is 102 cm³/mol. The van der Waals surface area contributed by atoms with Crippen LogP contribution in [-0.4, -0.2) is 33.2 Å². The summed E-state index contributed by atoms with van der Waals surface area (Å²) in [6.07, 6.45) is 11.2. The zero-order valence-electron chi connectivity index (χ0n) is 15.9. The second-order valence-electron chi connectivity index (χ2n) is 7.37. The van der Waals surface area contributed by atoms with Crippen LogP contribution in [0.25, 0.3) is 11.4 Å². The van der Waals surface area contributed by atoms with E-state index in [-0.39, 0.29) is 12.3 Å². The summed E-state index contributed by atoms with van der Waals surface area (Å²) in [6.45, 7) is 0. The van der Waals surface area contributed by atoms with Crippen molar-refractivity contribution >= 4 is 11.8 Å². The van der Waals surface area contributed by atoms with Crippen LogP contribution in [-0.2, 0) is 4.79 Å². The highest BCUT2D eigenvalue weighted by atomic mass is 16.5. The van der Waals surface area contributed by atoms with Gasteiger partial charge in [-0.05, 0) is 24.5 Å². The van der Waals surface area contributed by atoms with Crippen molar-refractivity contribution in [2.75, 3.05) is 12.4 Å². The van der Waals surface area contributed by atoms with Gasteiger partial charge in [0.1, 0.15) is 5.82 Å². The van der Waals surface area contributed by atoms with Gasteiger partial charge in [0.15, 0.2) is 0 Å². The van der Waals surface area contributed by atoms with Crippen LogP contribution in [0, 0.1) is 5.92 Å². The summed E-state index contributed by atoms with van der Waals surface area (Å²) in [5, 5.41) is 16.3. The number of pyridine rings is 1. The first-order chi connectivity index (χ1) is 13.2. The molecule has 2 aromatic rings. The van der Waals surface area contributed by atoms with E-state index in [1.807, 2.05) is 12.1 Å². The van der Waals surface area contributed by atoms with Gasteiger partial charge in [0, 0.05) is 24.7 Å². The fourth-order valence-electron chi connectivity index (χ4n) is 3.84. The molecule has 2 heterocycles. The summed E-state index contributed by atoms with van der Waals surface area (Å²) in [6, 6.07) is 3.70. The first-order valence-electron chi connectivity index (χ1n) is 9.85. The van der Waals surface area contributed by atoms with Crippen molar-refractivity contribution in [2.24, 2.45) is 5.92 Å². The number of carboxylic acid groups (broad SMARTS) is 1. The van der Waals surface area contributed by atoms with Crippen molar-refractivity contribution in [3.8, 4) is 11.4 Å². The van der Waals surface area contributed by atoms with Crippen molar-refractivity contribution < 1.29 is 14.4 Å². The molecule has 0 bridgehead atoms. The van der Waals surface area contributed by atoms with Crippen molar-refractivity contribution in [3.63, 3.8) is 0 Å². The number of hydrogen-bond acceptors (Lipinski definition) is 6. The lowest BCUT2D eigenvalue weighted by Crippen LogP contribution is -2.10. The number of rotatable bonds is 9. The minimum atomic E-state index is -0.836. The topological polar surface area (TPSA) is 101 Å². The molecule has 1 fully saturated rings. The lowest BCUT2D eigenvalue weighted by atomic mass is 9.84. The first kappa shape index (κ1) is 19.3. The highest BCUT2D eigenvalue weighted by Gasteiger charge is 2.23. The van der Waals surface area contributed by atoms with Crippen LogP contribution in [0.4, 0.5) is 5.82 Å². The van der Waals surface area contributed by atoms with Crippen LogP contribution in [0.3, 0.4) is 0 Å². The van der Waals surface area contributed by atoms with E-state index in [0.29, 0.717) is 11.7 Å². The van der Waals surface area contributed by atoms with E-state index in [2.05, 4.69) is 20.4 Å². The summed E-state index contributed by atoms with van der Waals surface area (Å²) in [4.78, 5) is 20.0. The van der Waals surface area contributed by atoms with Gasteiger partial charge in [-0.2, -0.15) is 4.98 Å². The molecular weight excluding hydrogens is 344 g/mol. The molecule has 0 spiro atoms. The minimum absolute atomic E-state index is 0.0171. The Balaban J connectivity index is 1.63. The zero-order chi connectivity index (χ0) is 19.1. The molecule has 1 saturated carbocycles. The van der Waals surface area contributed by atoms with Gasteiger partial charge in [-0.15, -0.1) is 0 Å². The maximum absolute atomic E-state index is 11.3. The molecule has 3 rings (SSSR count). The van der Waals surface area contributed by atoms with Gasteiger partial charge >= 0.3 is 5.97 Å². The average molecular weight is 372 g/mol. The Bertz CT molecular complexity index is 723. The number of nitrogens with one attached hydrogen (secondary N) is 1. The molecule has 7 nitrogen and oxygen atoms in total. The van der Waals surface area contributed by atoms with E-state index in [1.54, 1.807) is 13.2 Å². The van der Waals surface area contributed by atoms with E-state index in [1.165, 1.54) is 32.1 Å². The van der Waals surface area contributed by atoms with Gasteiger partial charge in [0.2, 0.25) is 11.7 Å². The van der Waals surface area contributed by atoms with Gasteiger partial charge in [0.25, 0.3) is 0 Å². The van der Waals surface area contributed by atoms with Crippen LogP contribution in [0.1, 0.15) is 69.6 Å². The predicted octanol–water partition coefficient (Wildman–Crippen LogP) is 4.48. The normalized spacial score (nSPS) is 16.2. The van der Waals surface area contributed by atoms with E-state index in [9.17, 15) is 9.90 Å². The standard InChI is InChI=1S/C20H28N4O3/c1-21-17-11-10-16(13-22-17)19-23-20(27-24-19)15(12-18(25)26)9-5-8-14-6-3-2-4-7-14/h10-11,13-15H,2-9,12H2,1H3,(H,21,22)(H,25,26). The first-order valence-corrected chi connectivity index (χ1v) is 9.85. The SMILES string of the molecule is CNc1ccc(-c2noc(C(CCCC3CCCCC3)CC(=O)O)n2)cn1. The number of aliphatic carboxylic acids is 1. The van der Waals surface area contributed by atoms with Crippen molar-refractivity contribution in [1.29, 1.82) is 0 Å². The fourth-order valence-corrected chi connectivity index (χ4v) is 3.84. The van der Waals surface area contributed by atoms with E-state index < -0.39 is 5.97 Å². The van der Waals surface area contributed by atoms with E-state index >= 15 is 0 Å². The number of anilines is 1. The van der Waals surface area contributed by atoms with Crippen molar-refractivity contribution in [1.82, 2.24) is 15.1 Å². The number of nitrogens with zero attached hydrogens (tertiary/aromatic N) is 3. The molecule has 0 amide bonds. The zero-order valence-corrected chi connectivity index (χ0v) is 15.9. The monoisotopic (exact) mass is 372 g/mol. The van der Waals surface area contributed by atoms with Gasteiger partial charge in [-0.25, -0.2) is 4.98 Å². The molecule has 1 unspecified atom stereocenters. The number of aromatic nitrogens is 3. The Morgan fingerprint density at radius 1 is 1.33 bits per heavy atom. The second-order valence-corrected chi connectivity index (χ2v) is 7.37. The Morgan fingerprint density at radius 3 is 2.81 bits per heavy atom. The second kappa shape index (κ2) is 9.48. The molecule has 1 atom stereocenters. The van der Waals surface area contributed by atoms with Crippen LogP contribution in [0.2, 0.25) is 0 Å². The largest absolute Gasteiger partial charge is 0.481 e. The summed E-state index contributed by atoms with van der Waals surface area (Å²) < 4.78 is 5.41. The molecule has 1 aliphatic carbocycles. The third-order valence-corrected chi connectivity index (χ3v) is 5.38. The molecule has 1 aliphatic rings. The summed E-state index contributed by atoms with van der Waals surface area (Å²) in [7, 11) is 1.80. The summed E-state index contributed by atoms with van der Waals surface area (Å²) >= 11 is 0. The van der Waals surface area contributed by atoms with Crippen LogP contribution >= 0.6 is 0 Å². The Labute approximate surface area is 159 Å². The van der Waals surface area contributed by atoms with E-state index in [4.69, 9.17) is 4.52 Å². The number of carbonyl (C=O) groups is 1. The molecular formula is C20H28N4O3. The fraction of sp³-hybridized carbons (Fsp3) is 0.600. The maximum Gasteiger partial charge on any atom is 0.304 e. The maximum atomic E-state index is 11.3. The highest BCUT2D eigenvalue weighted by molar-refractivity contribution is 5.67. The van der Waals surface area contributed by atoms with E-state index in [0.717, 1.165) is 36.6 Å².